The SMILES string of the molecule is CC(CNC1CC1)S(=O)(=O)NCc1ccncn1. The van der Waals surface area contributed by atoms with Gasteiger partial charge in [-0.05, 0) is 25.8 Å². The third-order valence-electron chi connectivity index (χ3n) is 2.90. The molecule has 1 aliphatic carbocycles. The minimum Gasteiger partial charge on any atom is -0.313 e. The highest BCUT2D eigenvalue weighted by molar-refractivity contribution is 7.90. The molecule has 1 heterocycles. The third-order valence-corrected chi connectivity index (χ3v) is 4.67. The molecule has 0 bridgehead atoms. The minimum atomic E-state index is -3.30. The van der Waals surface area contributed by atoms with E-state index in [0.717, 1.165) is 12.8 Å². The van der Waals surface area contributed by atoms with Crippen molar-refractivity contribution in [3.63, 3.8) is 0 Å². The molecule has 1 unspecified atom stereocenters. The van der Waals surface area contributed by atoms with E-state index in [4.69, 9.17) is 0 Å². The standard InChI is InChI=1S/C11H18N4O2S/c1-9(6-13-10-2-3-10)18(16,17)15-7-11-4-5-12-8-14-11/h4-5,8-10,13,15H,2-3,6-7H2,1H3. The summed E-state index contributed by atoms with van der Waals surface area (Å²) in [6, 6.07) is 2.21. The Bertz CT molecular complexity index is 473. The molecule has 1 saturated carbocycles. The second kappa shape index (κ2) is 5.73. The molecule has 0 aromatic carbocycles. The molecule has 1 atom stereocenters. The molecular formula is C11H18N4O2S. The van der Waals surface area contributed by atoms with Gasteiger partial charge in [-0.2, -0.15) is 0 Å². The van der Waals surface area contributed by atoms with E-state index in [1.54, 1.807) is 19.2 Å². The Morgan fingerprint density at radius 2 is 2.28 bits per heavy atom. The average molecular weight is 270 g/mol. The molecule has 0 saturated heterocycles. The number of nitrogens with one attached hydrogen (secondary N) is 2. The zero-order valence-corrected chi connectivity index (χ0v) is 11.2. The van der Waals surface area contributed by atoms with Crippen molar-refractivity contribution >= 4 is 10.0 Å². The number of aromatic nitrogens is 2. The van der Waals surface area contributed by atoms with Crippen LogP contribution in [-0.2, 0) is 16.6 Å². The van der Waals surface area contributed by atoms with Crippen LogP contribution in [0.5, 0.6) is 0 Å². The van der Waals surface area contributed by atoms with E-state index in [9.17, 15) is 8.42 Å². The fraction of sp³-hybridized carbons (Fsp3) is 0.636. The molecule has 6 nitrogen and oxygen atoms in total. The molecule has 100 valence electrons. The Hall–Kier alpha value is -1.05. The molecule has 2 N–H and O–H groups in total. The summed E-state index contributed by atoms with van der Waals surface area (Å²) in [5.74, 6) is 0. The summed E-state index contributed by atoms with van der Waals surface area (Å²) in [5, 5.41) is 2.77. The maximum absolute atomic E-state index is 11.9. The summed E-state index contributed by atoms with van der Waals surface area (Å²) in [6.07, 6.45) is 5.30. The first-order chi connectivity index (χ1) is 8.58. The summed E-state index contributed by atoms with van der Waals surface area (Å²) in [5.41, 5.74) is 0.663. The predicted octanol–water partition coefficient (Wildman–Crippen LogP) is 0.0365. The van der Waals surface area contributed by atoms with Gasteiger partial charge in [0.25, 0.3) is 0 Å². The Morgan fingerprint density at radius 3 is 2.89 bits per heavy atom. The minimum absolute atomic E-state index is 0.207. The van der Waals surface area contributed by atoms with Crippen LogP contribution < -0.4 is 10.0 Å². The second-order valence-corrected chi connectivity index (χ2v) is 6.74. The Morgan fingerprint density at radius 1 is 1.50 bits per heavy atom. The van der Waals surface area contributed by atoms with E-state index >= 15 is 0 Å². The average Bonchev–Trinajstić information content (AvgIpc) is 3.19. The molecule has 1 fully saturated rings. The fourth-order valence-corrected chi connectivity index (χ4v) is 2.42. The van der Waals surface area contributed by atoms with Gasteiger partial charge in [-0.25, -0.2) is 23.1 Å². The van der Waals surface area contributed by atoms with E-state index in [1.165, 1.54) is 6.33 Å². The highest BCUT2D eigenvalue weighted by Crippen LogP contribution is 2.18. The molecule has 0 radical (unpaired) electrons. The van der Waals surface area contributed by atoms with Crippen molar-refractivity contribution in [2.24, 2.45) is 0 Å². The molecular weight excluding hydrogens is 252 g/mol. The monoisotopic (exact) mass is 270 g/mol. The number of rotatable bonds is 7. The van der Waals surface area contributed by atoms with Crippen LogP contribution >= 0.6 is 0 Å². The first-order valence-electron chi connectivity index (χ1n) is 6.04. The fourth-order valence-electron chi connectivity index (χ4n) is 1.47. The van der Waals surface area contributed by atoms with E-state index in [2.05, 4.69) is 20.0 Å². The van der Waals surface area contributed by atoms with Gasteiger partial charge in [0.1, 0.15) is 6.33 Å². The van der Waals surface area contributed by atoms with Crippen LogP contribution in [0.4, 0.5) is 0 Å². The van der Waals surface area contributed by atoms with Gasteiger partial charge in [0.15, 0.2) is 0 Å². The quantitative estimate of drug-likeness (QED) is 0.730. The van der Waals surface area contributed by atoms with E-state index in [0.29, 0.717) is 18.3 Å². The van der Waals surface area contributed by atoms with Crippen LogP contribution in [0.1, 0.15) is 25.5 Å². The summed E-state index contributed by atoms with van der Waals surface area (Å²) in [6.45, 7) is 2.40. The van der Waals surface area contributed by atoms with Crippen LogP contribution in [0.25, 0.3) is 0 Å². The molecule has 0 aliphatic heterocycles. The summed E-state index contributed by atoms with van der Waals surface area (Å²) in [4.78, 5) is 7.75. The number of hydrogen-bond donors (Lipinski definition) is 2. The molecule has 1 aliphatic rings. The summed E-state index contributed by atoms with van der Waals surface area (Å²) in [7, 11) is -3.30. The maximum atomic E-state index is 11.9. The van der Waals surface area contributed by atoms with E-state index in [1.807, 2.05) is 0 Å². The van der Waals surface area contributed by atoms with Crippen molar-refractivity contribution in [1.82, 2.24) is 20.0 Å². The lowest BCUT2D eigenvalue weighted by molar-refractivity contribution is 0.556. The molecule has 7 heteroatoms. The van der Waals surface area contributed by atoms with Gasteiger partial charge in [-0.1, -0.05) is 0 Å². The van der Waals surface area contributed by atoms with Gasteiger partial charge >= 0.3 is 0 Å². The van der Waals surface area contributed by atoms with Gasteiger partial charge in [0, 0.05) is 18.8 Å². The molecule has 18 heavy (non-hydrogen) atoms. The summed E-state index contributed by atoms with van der Waals surface area (Å²) >= 11 is 0. The largest absolute Gasteiger partial charge is 0.313 e. The van der Waals surface area contributed by atoms with E-state index in [-0.39, 0.29) is 6.54 Å². The van der Waals surface area contributed by atoms with Crippen LogP contribution in [-0.4, -0.2) is 36.2 Å². The lowest BCUT2D eigenvalue weighted by Gasteiger charge is -2.14. The topological polar surface area (TPSA) is 84.0 Å². The highest BCUT2D eigenvalue weighted by atomic mass is 32.2. The number of hydrogen-bond acceptors (Lipinski definition) is 5. The van der Waals surface area contributed by atoms with Gasteiger partial charge in [0.05, 0.1) is 17.5 Å². The van der Waals surface area contributed by atoms with Gasteiger partial charge in [-0.3, -0.25) is 0 Å². The lowest BCUT2D eigenvalue weighted by atomic mass is 10.4. The molecule has 0 amide bonds. The Labute approximate surface area is 107 Å². The number of sulfonamides is 1. The van der Waals surface area contributed by atoms with Crippen molar-refractivity contribution in [3.8, 4) is 0 Å². The number of nitrogens with zero attached hydrogens (tertiary/aromatic N) is 2. The van der Waals surface area contributed by atoms with Crippen molar-refractivity contribution in [2.75, 3.05) is 6.54 Å². The summed E-state index contributed by atoms with van der Waals surface area (Å²) < 4.78 is 26.4. The zero-order valence-electron chi connectivity index (χ0n) is 10.3. The van der Waals surface area contributed by atoms with Crippen LogP contribution in [0.15, 0.2) is 18.6 Å². The lowest BCUT2D eigenvalue weighted by Crippen LogP contribution is -2.39. The Kier molecular flexibility index (Phi) is 4.26. The third kappa shape index (κ3) is 4.01. The molecule has 1 aromatic heterocycles. The molecule has 0 spiro atoms. The van der Waals surface area contributed by atoms with Crippen LogP contribution in [0.2, 0.25) is 0 Å². The maximum Gasteiger partial charge on any atom is 0.215 e. The smallest absolute Gasteiger partial charge is 0.215 e. The second-order valence-electron chi connectivity index (χ2n) is 4.56. The molecule has 1 aromatic rings. The zero-order chi connectivity index (χ0) is 13.0. The van der Waals surface area contributed by atoms with Crippen LogP contribution in [0, 0.1) is 0 Å². The van der Waals surface area contributed by atoms with Crippen molar-refractivity contribution in [3.05, 3.63) is 24.3 Å². The van der Waals surface area contributed by atoms with Gasteiger partial charge in [0.2, 0.25) is 10.0 Å². The highest BCUT2D eigenvalue weighted by Gasteiger charge is 2.25. The Balaban J connectivity index is 1.82. The van der Waals surface area contributed by atoms with Gasteiger partial charge in [-0.15, -0.1) is 0 Å². The predicted molar refractivity (Wildman–Crippen MR) is 68.3 cm³/mol. The van der Waals surface area contributed by atoms with Crippen LogP contribution in [0.3, 0.4) is 0 Å². The molecule has 2 rings (SSSR count). The normalized spacial score (nSPS) is 17.6. The van der Waals surface area contributed by atoms with Crippen molar-refractivity contribution in [1.29, 1.82) is 0 Å². The van der Waals surface area contributed by atoms with Gasteiger partial charge < -0.3 is 5.32 Å². The van der Waals surface area contributed by atoms with Crippen molar-refractivity contribution < 1.29 is 8.42 Å². The van der Waals surface area contributed by atoms with E-state index < -0.39 is 15.3 Å². The van der Waals surface area contributed by atoms with Crippen molar-refractivity contribution in [2.45, 2.75) is 37.6 Å². The first kappa shape index (κ1) is 13.4. The first-order valence-corrected chi connectivity index (χ1v) is 7.59.